The molecular weight excluding hydrogens is 230 g/mol. The van der Waals surface area contributed by atoms with E-state index in [4.69, 9.17) is 5.73 Å². The van der Waals surface area contributed by atoms with Gasteiger partial charge in [0.15, 0.2) is 0 Å². The molecule has 1 amide bonds. The Balaban J connectivity index is 2.06. The first-order chi connectivity index (χ1) is 8.49. The highest BCUT2D eigenvalue weighted by Gasteiger charge is 2.12. The fraction of sp³-hybridized carbons (Fsp3) is 0.333. The van der Waals surface area contributed by atoms with E-state index in [0.717, 1.165) is 17.0 Å². The Bertz CT molecular complexity index is 581. The van der Waals surface area contributed by atoms with Crippen molar-refractivity contribution in [3.8, 4) is 0 Å². The number of anilines is 1. The van der Waals surface area contributed by atoms with Crippen LogP contribution < -0.4 is 11.1 Å². The monoisotopic (exact) mass is 247 g/mol. The van der Waals surface area contributed by atoms with Gasteiger partial charge in [-0.05, 0) is 19.9 Å². The molecule has 96 valence electrons. The van der Waals surface area contributed by atoms with E-state index >= 15 is 0 Å². The summed E-state index contributed by atoms with van der Waals surface area (Å²) in [6.07, 6.45) is 1.59. The Morgan fingerprint density at radius 1 is 1.56 bits per heavy atom. The van der Waals surface area contributed by atoms with E-state index in [-0.39, 0.29) is 5.91 Å². The van der Waals surface area contributed by atoms with Crippen LogP contribution in [0.5, 0.6) is 0 Å². The Morgan fingerprint density at radius 3 is 2.78 bits per heavy atom. The zero-order valence-electron chi connectivity index (χ0n) is 10.7. The van der Waals surface area contributed by atoms with Crippen molar-refractivity contribution in [2.24, 2.45) is 7.05 Å². The first-order valence-electron chi connectivity index (χ1n) is 5.70. The summed E-state index contributed by atoms with van der Waals surface area (Å²) in [4.78, 5) is 14.7. The van der Waals surface area contributed by atoms with Gasteiger partial charge in [-0.3, -0.25) is 9.48 Å². The van der Waals surface area contributed by atoms with Crippen molar-refractivity contribution in [3.05, 3.63) is 34.9 Å². The summed E-state index contributed by atoms with van der Waals surface area (Å²) in [7, 11) is 1.89. The number of amides is 1. The number of rotatable bonds is 3. The lowest BCUT2D eigenvalue weighted by Gasteiger charge is -2.04. The van der Waals surface area contributed by atoms with Crippen LogP contribution >= 0.6 is 0 Å². The lowest BCUT2D eigenvalue weighted by atomic mass is 10.2. The van der Waals surface area contributed by atoms with Gasteiger partial charge in [-0.15, -0.1) is 0 Å². The number of carbonyl (C=O) groups excluding carboxylic acids is 1. The van der Waals surface area contributed by atoms with Crippen LogP contribution in [0.15, 0.2) is 12.3 Å². The molecule has 0 aromatic carbocycles. The molecule has 0 atom stereocenters. The van der Waals surface area contributed by atoms with Crippen molar-refractivity contribution in [2.75, 3.05) is 5.73 Å². The van der Waals surface area contributed by atoms with Gasteiger partial charge >= 0.3 is 0 Å². The number of carbonyl (C=O) groups is 1. The number of aromatic nitrogens is 3. The molecule has 2 rings (SSSR count). The van der Waals surface area contributed by atoms with E-state index in [1.54, 1.807) is 12.3 Å². The van der Waals surface area contributed by atoms with Crippen LogP contribution in [0.4, 0.5) is 5.69 Å². The summed E-state index contributed by atoms with van der Waals surface area (Å²) in [6, 6.07) is 1.61. The summed E-state index contributed by atoms with van der Waals surface area (Å²) >= 11 is 0. The Labute approximate surface area is 105 Å². The van der Waals surface area contributed by atoms with Crippen molar-refractivity contribution >= 4 is 11.6 Å². The highest BCUT2D eigenvalue weighted by Crippen LogP contribution is 2.11. The highest BCUT2D eigenvalue weighted by molar-refractivity contribution is 5.93. The third-order valence-electron chi connectivity index (χ3n) is 3.03. The number of nitrogen functional groups attached to an aromatic ring is 1. The van der Waals surface area contributed by atoms with E-state index in [0.29, 0.717) is 17.9 Å². The molecular formula is C12H17N5O. The molecule has 0 spiro atoms. The first-order valence-corrected chi connectivity index (χ1v) is 5.70. The molecule has 2 aromatic heterocycles. The van der Waals surface area contributed by atoms with Gasteiger partial charge in [0.1, 0.15) is 5.69 Å². The van der Waals surface area contributed by atoms with Crippen LogP contribution in [0, 0.1) is 13.8 Å². The van der Waals surface area contributed by atoms with Gasteiger partial charge in [-0.25, -0.2) is 0 Å². The van der Waals surface area contributed by atoms with Crippen LogP contribution in [0.25, 0.3) is 0 Å². The second-order valence-electron chi connectivity index (χ2n) is 4.30. The number of aromatic amines is 1. The topological polar surface area (TPSA) is 88.7 Å². The van der Waals surface area contributed by atoms with Crippen molar-refractivity contribution in [2.45, 2.75) is 20.4 Å². The van der Waals surface area contributed by atoms with Gasteiger partial charge in [0.05, 0.1) is 5.69 Å². The second kappa shape index (κ2) is 4.56. The molecule has 2 heterocycles. The standard InChI is InChI=1S/C12H17N5O/c1-7-10(8(2)17(3)16-7)6-15-12(18)11-4-9(13)5-14-11/h4-5,14H,6,13H2,1-3H3,(H,15,18). The number of hydrogen-bond donors (Lipinski definition) is 3. The minimum Gasteiger partial charge on any atom is -0.397 e. The Hall–Kier alpha value is -2.24. The summed E-state index contributed by atoms with van der Waals surface area (Å²) in [5, 5.41) is 7.15. The van der Waals surface area contributed by atoms with Gasteiger partial charge < -0.3 is 16.0 Å². The van der Waals surface area contributed by atoms with Crippen LogP contribution in [-0.2, 0) is 13.6 Å². The third kappa shape index (κ3) is 2.22. The molecule has 0 saturated heterocycles. The number of hydrogen-bond acceptors (Lipinski definition) is 3. The second-order valence-corrected chi connectivity index (χ2v) is 4.30. The van der Waals surface area contributed by atoms with Crippen molar-refractivity contribution < 1.29 is 4.79 Å². The molecule has 0 fully saturated rings. The van der Waals surface area contributed by atoms with Crippen LogP contribution in [0.2, 0.25) is 0 Å². The minimum atomic E-state index is -0.172. The van der Waals surface area contributed by atoms with E-state index < -0.39 is 0 Å². The summed E-state index contributed by atoms with van der Waals surface area (Å²) in [6.45, 7) is 4.37. The molecule has 2 aromatic rings. The van der Waals surface area contributed by atoms with Crippen LogP contribution in [0.1, 0.15) is 27.4 Å². The van der Waals surface area contributed by atoms with Gasteiger partial charge in [-0.1, -0.05) is 0 Å². The number of nitrogens with two attached hydrogens (primary N) is 1. The molecule has 0 unspecified atom stereocenters. The molecule has 6 heteroatoms. The Morgan fingerprint density at radius 2 is 2.28 bits per heavy atom. The van der Waals surface area contributed by atoms with Crippen LogP contribution in [-0.4, -0.2) is 20.7 Å². The quantitative estimate of drug-likeness (QED) is 0.752. The smallest absolute Gasteiger partial charge is 0.268 e. The summed E-state index contributed by atoms with van der Waals surface area (Å²) < 4.78 is 1.81. The van der Waals surface area contributed by atoms with Gasteiger partial charge in [0, 0.05) is 36.7 Å². The minimum absolute atomic E-state index is 0.172. The number of aryl methyl sites for hydroxylation is 2. The summed E-state index contributed by atoms with van der Waals surface area (Å²) in [5.74, 6) is -0.172. The third-order valence-corrected chi connectivity index (χ3v) is 3.03. The molecule has 18 heavy (non-hydrogen) atoms. The maximum atomic E-state index is 11.8. The number of H-pyrrole nitrogens is 1. The highest BCUT2D eigenvalue weighted by atomic mass is 16.1. The molecule has 0 radical (unpaired) electrons. The zero-order chi connectivity index (χ0) is 13.3. The normalized spacial score (nSPS) is 10.6. The van der Waals surface area contributed by atoms with E-state index in [2.05, 4.69) is 15.4 Å². The van der Waals surface area contributed by atoms with E-state index in [9.17, 15) is 4.79 Å². The zero-order valence-corrected chi connectivity index (χ0v) is 10.7. The molecule has 0 aliphatic carbocycles. The van der Waals surface area contributed by atoms with Crippen LogP contribution in [0.3, 0.4) is 0 Å². The molecule has 0 saturated carbocycles. The molecule has 6 nitrogen and oxygen atoms in total. The first kappa shape index (κ1) is 12.2. The number of nitrogens with one attached hydrogen (secondary N) is 2. The van der Waals surface area contributed by atoms with E-state index in [1.807, 2.05) is 25.6 Å². The molecule has 0 aliphatic heterocycles. The predicted molar refractivity (Wildman–Crippen MR) is 69.1 cm³/mol. The predicted octanol–water partition coefficient (Wildman–Crippen LogP) is 0.877. The lowest BCUT2D eigenvalue weighted by molar-refractivity contribution is 0.0946. The van der Waals surface area contributed by atoms with Gasteiger partial charge in [-0.2, -0.15) is 5.10 Å². The molecule has 4 N–H and O–H groups in total. The average molecular weight is 247 g/mol. The molecule has 0 aliphatic rings. The maximum absolute atomic E-state index is 11.8. The van der Waals surface area contributed by atoms with E-state index in [1.165, 1.54) is 0 Å². The number of nitrogens with zero attached hydrogens (tertiary/aromatic N) is 2. The lowest BCUT2D eigenvalue weighted by Crippen LogP contribution is -2.23. The fourth-order valence-electron chi connectivity index (χ4n) is 1.88. The largest absolute Gasteiger partial charge is 0.397 e. The fourth-order valence-corrected chi connectivity index (χ4v) is 1.88. The SMILES string of the molecule is Cc1nn(C)c(C)c1CNC(=O)c1cc(N)c[nH]1. The van der Waals surface area contributed by atoms with Crippen molar-refractivity contribution in [1.29, 1.82) is 0 Å². The van der Waals surface area contributed by atoms with Crippen molar-refractivity contribution in [1.82, 2.24) is 20.1 Å². The Kier molecular flexibility index (Phi) is 3.10. The summed E-state index contributed by atoms with van der Waals surface area (Å²) in [5.41, 5.74) is 9.60. The average Bonchev–Trinajstić information content (AvgIpc) is 2.83. The molecule has 0 bridgehead atoms. The van der Waals surface area contributed by atoms with Crippen molar-refractivity contribution in [3.63, 3.8) is 0 Å². The van der Waals surface area contributed by atoms with Gasteiger partial charge in [0.2, 0.25) is 0 Å². The maximum Gasteiger partial charge on any atom is 0.268 e. The van der Waals surface area contributed by atoms with Gasteiger partial charge in [0.25, 0.3) is 5.91 Å².